The summed E-state index contributed by atoms with van der Waals surface area (Å²) in [7, 11) is 0. The third-order valence-electron chi connectivity index (χ3n) is 7.13. The summed E-state index contributed by atoms with van der Waals surface area (Å²) in [6, 6.07) is 21.6. The molecule has 2 atom stereocenters. The minimum absolute atomic E-state index is 0.275. The number of carboxylic acid groups (broad SMARTS) is 1. The number of benzene rings is 3. The monoisotopic (exact) mass is 603 g/mol. The minimum Gasteiger partial charge on any atom is -0.759 e. The summed E-state index contributed by atoms with van der Waals surface area (Å²) in [5, 5.41) is 11.2. The van der Waals surface area contributed by atoms with E-state index < -0.39 is 29.2 Å². The maximum absolute atomic E-state index is 12.1. The molecule has 10 nitrogen and oxygen atoms in total. The van der Waals surface area contributed by atoms with Gasteiger partial charge in [0.2, 0.25) is 0 Å². The highest BCUT2D eigenvalue weighted by Crippen LogP contribution is 2.23. The summed E-state index contributed by atoms with van der Waals surface area (Å²) >= 11 is -2.70. The number of anilines is 1. The quantitative estimate of drug-likeness (QED) is 0.252. The van der Waals surface area contributed by atoms with Gasteiger partial charge in [0.15, 0.2) is 0 Å². The van der Waals surface area contributed by atoms with Gasteiger partial charge in [-0.15, -0.1) is 0 Å². The zero-order valence-electron chi connectivity index (χ0n) is 24.1. The van der Waals surface area contributed by atoms with Crippen molar-refractivity contribution < 1.29 is 28.2 Å². The van der Waals surface area contributed by atoms with Gasteiger partial charge >= 0.3 is 5.97 Å². The number of hydrazine groups is 1. The average Bonchev–Trinajstić information content (AvgIpc) is 2.99. The fourth-order valence-electron chi connectivity index (χ4n) is 4.90. The number of aliphatic carboxylic acids is 1. The summed E-state index contributed by atoms with van der Waals surface area (Å²) in [6.45, 7) is 5.56. The van der Waals surface area contributed by atoms with Crippen LogP contribution in [0.4, 0.5) is 5.69 Å². The van der Waals surface area contributed by atoms with Gasteiger partial charge in [0.05, 0.1) is 12.2 Å². The first-order chi connectivity index (χ1) is 20.6. The van der Waals surface area contributed by atoms with Gasteiger partial charge in [-0.25, -0.2) is 5.01 Å². The van der Waals surface area contributed by atoms with Gasteiger partial charge in [-0.05, 0) is 53.9 Å². The lowest BCUT2D eigenvalue weighted by atomic mass is 10.1. The molecule has 1 aliphatic heterocycles. The molecule has 1 amide bonds. The third kappa shape index (κ3) is 8.43. The summed E-state index contributed by atoms with van der Waals surface area (Å²) in [4.78, 5) is 25.9. The van der Waals surface area contributed by atoms with Crippen LogP contribution in [-0.2, 0) is 22.5 Å². The Bertz CT molecular complexity index is 1500. The summed E-state index contributed by atoms with van der Waals surface area (Å²) in [5.41, 5.74) is 9.38. The van der Waals surface area contributed by atoms with Gasteiger partial charge < -0.3 is 25.0 Å². The summed E-state index contributed by atoms with van der Waals surface area (Å²) in [6.07, 6.45) is 0.703. The SMILES string of the molecule is CC(C)C(C(=O)O)N(N1CCN(c2ccc(C#Cc3ccc(OCCc4ccccc4)c(C(N)=O)c3)cc2)CC1)S(=O)[O-]. The minimum atomic E-state index is -2.70. The molecule has 1 aliphatic rings. The Morgan fingerprint density at radius 1 is 1.00 bits per heavy atom. The van der Waals surface area contributed by atoms with Crippen molar-refractivity contribution in [3.05, 3.63) is 95.1 Å². The Hall–Kier alpha value is -4.21. The van der Waals surface area contributed by atoms with Crippen LogP contribution in [0.5, 0.6) is 5.75 Å². The van der Waals surface area contributed by atoms with E-state index in [-0.39, 0.29) is 11.5 Å². The first kappa shape index (κ1) is 31.7. The molecular formula is C32H35N4O6S-. The number of rotatable bonds is 11. The number of hydrogen-bond acceptors (Lipinski definition) is 7. The molecule has 226 valence electrons. The zero-order valence-corrected chi connectivity index (χ0v) is 25.0. The van der Waals surface area contributed by atoms with Gasteiger partial charge in [-0.2, -0.15) is 4.41 Å². The van der Waals surface area contributed by atoms with Crippen molar-refractivity contribution in [2.45, 2.75) is 26.3 Å². The molecule has 0 aromatic heterocycles. The van der Waals surface area contributed by atoms with Crippen LogP contribution in [0.2, 0.25) is 0 Å². The predicted molar refractivity (Wildman–Crippen MR) is 164 cm³/mol. The number of nitrogens with zero attached hydrogens (tertiary/aromatic N) is 3. The lowest BCUT2D eigenvalue weighted by molar-refractivity contribution is -0.149. The highest BCUT2D eigenvalue weighted by molar-refractivity contribution is 7.76. The molecule has 1 fully saturated rings. The molecule has 2 unspecified atom stereocenters. The molecular weight excluding hydrogens is 568 g/mol. The fourth-order valence-corrected chi connectivity index (χ4v) is 5.77. The van der Waals surface area contributed by atoms with E-state index in [9.17, 15) is 23.5 Å². The Kier molecular flexibility index (Phi) is 10.9. The number of nitrogens with two attached hydrogens (primary N) is 1. The van der Waals surface area contributed by atoms with Crippen LogP contribution in [0.1, 0.15) is 40.9 Å². The Morgan fingerprint density at radius 3 is 2.21 bits per heavy atom. The maximum Gasteiger partial charge on any atom is 0.323 e. The molecule has 3 aromatic rings. The van der Waals surface area contributed by atoms with Crippen molar-refractivity contribution >= 4 is 28.8 Å². The molecule has 3 aromatic carbocycles. The first-order valence-corrected chi connectivity index (χ1v) is 15.0. The van der Waals surface area contributed by atoms with Crippen molar-refractivity contribution in [3.63, 3.8) is 0 Å². The van der Waals surface area contributed by atoms with Crippen LogP contribution in [0.3, 0.4) is 0 Å². The number of hydrogen-bond donors (Lipinski definition) is 2. The van der Waals surface area contributed by atoms with Gasteiger partial charge in [0, 0.05) is 60.7 Å². The maximum atomic E-state index is 12.1. The van der Waals surface area contributed by atoms with Crippen LogP contribution in [0, 0.1) is 17.8 Å². The first-order valence-electron chi connectivity index (χ1n) is 14.0. The number of primary amides is 1. The molecule has 3 N–H and O–H groups in total. The van der Waals surface area contributed by atoms with Gasteiger partial charge in [-0.1, -0.05) is 56.0 Å². The zero-order chi connectivity index (χ0) is 30.9. The van der Waals surface area contributed by atoms with Crippen molar-refractivity contribution in [1.29, 1.82) is 0 Å². The number of carbonyl (C=O) groups is 2. The third-order valence-corrected chi connectivity index (χ3v) is 7.89. The highest BCUT2D eigenvalue weighted by Gasteiger charge is 2.35. The topological polar surface area (TPSA) is 139 Å². The largest absolute Gasteiger partial charge is 0.759 e. The fraction of sp³-hybridized carbons (Fsp3) is 0.312. The smallest absolute Gasteiger partial charge is 0.323 e. The Morgan fingerprint density at radius 2 is 1.63 bits per heavy atom. The van der Waals surface area contributed by atoms with E-state index in [2.05, 4.69) is 16.7 Å². The van der Waals surface area contributed by atoms with Crippen molar-refractivity contribution in [2.75, 3.05) is 37.7 Å². The second-order valence-corrected chi connectivity index (χ2v) is 11.3. The van der Waals surface area contributed by atoms with Gasteiger partial charge in [-0.3, -0.25) is 13.8 Å². The van der Waals surface area contributed by atoms with Crippen LogP contribution in [-0.4, -0.2) is 74.0 Å². The molecule has 43 heavy (non-hydrogen) atoms. The Labute approximate surface area is 254 Å². The average molecular weight is 604 g/mol. The lowest BCUT2D eigenvalue weighted by Crippen LogP contribution is -2.60. The molecule has 0 spiro atoms. The second-order valence-electron chi connectivity index (χ2n) is 10.4. The second kappa shape index (κ2) is 14.8. The molecule has 0 radical (unpaired) electrons. The number of amides is 1. The molecule has 0 saturated carbocycles. The lowest BCUT2D eigenvalue weighted by Gasteiger charge is -2.45. The van der Waals surface area contributed by atoms with Crippen molar-refractivity contribution in [1.82, 2.24) is 9.42 Å². The molecule has 1 saturated heterocycles. The molecule has 11 heteroatoms. The number of piperazine rings is 1. The van der Waals surface area contributed by atoms with Gasteiger partial charge in [0.25, 0.3) is 5.91 Å². The normalized spacial score (nSPS) is 15.0. The van der Waals surface area contributed by atoms with E-state index in [1.807, 2.05) is 54.6 Å². The number of ether oxygens (including phenoxy) is 1. The summed E-state index contributed by atoms with van der Waals surface area (Å²) < 4.78 is 30.6. The molecule has 4 rings (SSSR count). The van der Waals surface area contributed by atoms with Crippen LogP contribution in [0.15, 0.2) is 72.8 Å². The van der Waals surface area contributed by atoms with Crippen molar-refractivity contribution in [3.8, 4) is 17.6 Å². The molecule has 1 heterocycles. The van der Waals surface area contributed by atoms with E-state index in [0.717, 1.165) is 21.2 Å². The number of carbonyl (C=O) groups excluding carboxylic acids is 1. The van der Waals surface area contributed by atoms with E-state index in [1.165, 1.54) is 0 Å². The van der Waals surface area contributed by atoms with E-state index in [0.29, 0.717) is 50.5 Å². The standard InChI is InChI=1S/C32H36N4O6S/c1-23(2)30(32(38)39)36(43(40)41)35-19-17-34(18-20-35)27-13-10-25(11-14-27)8-9-26-12-15-29(28(22-26)31(33)37)42-21-16-24-6-4-3-5-7-24/h3-7,10-15,22-23,30H,16-21H2,1-2H3,(H2,33,37)(H,38,39)(H,40,41)/p-1. The summed E-state index contributed by atoms with van der Waals surface area (Å²) in [5.74, 6) is 4.46. The molecule has 0 bridgehead atoms. The van der Waals surface area contributed by atoms with Crippen molar-refractivity contribution in [2.24, 2.45) is 11.7 Å². The van der Waals surface area contributed by atoms with Crippen LogP contribution in [0.25, 0.3) is 0 Å². The van der Waals surface area contributed by atoms with Gasteiger partial charge in [0.1, 0.15) is 11.8 Å². The van der Waals surface area contributed by atoms with E-state index in [4.69, 9.17) is 10.5 Å². The predicted octanol–water partition coefficient (Wildman–Crippen LogP) is 3.05. The molecule has 0 aliphatic carbocycles. The van der Waals surface area contributed by atoms with E-state index in [1.54, 1.807) is 37.1 Å². The highest BCUT2D eigenvalue weighted by atomic mass is 32.2. The Balaban J connectivity index is 1.37. The van der Waals surface area contributed by atoms with Crippen LogP contribution < -0.4 is 15.4 Å². The number of carboxylic acids is 1. The van der Waals surface area contributed by atoms with E-state index >= 15 is 0 Å². The van der Waals surface area contributed by atoms with Crippen LogP contribution >= 0.6 is 0 Å².